The number of nitrogens with one attached hydrogen (secondary N) is 1. The Hall–Kier alpha value is -2.23. The van der Waals surface area contributed by atoms with Gasteiger partial charge in [-0.25, -0.2) is 0 Å². The molecule has 0 bridgehead atoms. The summed E-state index contributed by atoms with van der Waals surface area (Å²) < 4.78 is 0. The summed E-state index contributed by atoms with van der Waals surface area (Å²) in [6.07, 6.45) is 0.848. The molecular weight excluding hydrogens is 505 g/mol. The molecule has 2 amide bonds. The number of halogens is 2. The van der Waals surface area contributed by atoms with Crippen molar-refractivity contribution in [1.82, 2.24) is 14.7 Å². The number of rotatable bonds is 8. The van der Waals surface area contributed by atoms with Crippen LogP contribution in [0.1, 0.15) is 12.8 Å². The van der Waals surface area contributed by atoms with Gasteiger partial charge in [-0.05, 0) is 80.8 Å². The number of anilines is 2. The molecule has 2 saturated heterocycles. The van der Waals surface area contributed by atoms with Crippen molar-refractivity contribution < 1.29 is 9.59 Å². The predicted molar refractivity (Wildman–Crippen MR) is 145 cm³/mol. The first-order valence-corrected chi connectivity index (χ1v) is 12.8. The molecule has 0 radical (unpaired) electrons. The normalized spacial score (nSPS) is 19.5. The Morgan fingerprint density at radius 1 is 0.971 bits per heavy atom. The standard InChI is InChI=1S/C25H29Cl2N5O2S/c1-29-13-15-30(16-14-29)11-2-12-31-22(17-23(33)28-20-7-3-18(26)4-8-20)24(34)32(25(31)35)21-9-5-19(27)6-10-21/h3-10,22H,2,11-17H2,1H3,(H,28,33)/t22-/m0/s1. The van der Waals surface area contributed by atoms with Crippen molar-refractivity contribution >= 4 is 63.7 Å². The topological polar surface area (TPSA) is 59.1 Å². The highest BCUT2D eigenvalue weighted by Crippen LogP contribution is 2.29. The van der Waals surface area contributed by atoms with E-state index in [4.69, 9.17) is 35.4 Å². The van der Waals surface area contributed by atoms with Gasteiger partial charge in [0.1, 0.15) is 6.04 Å². The van der Waals surface area contributed by atoms with Gasteiger partial charge >= 0.3 is 0 Å². The van der Waals surface area contributed by atoms with E-state index < -0.39 is 6.04 Å². The summed E-state index contributed by atoms with van der Waals surface area (Å²) in [5, 5.41) is 4.44. The first kappa shape index (κ1) is 25.9. The zero-order chi connectivity index (χ0) is 24.9. The van der Waals surface area contributed by atoms with E-state index in [1.54, 1.807) is 48.5 Å². The zero-order valence-electron chi connectivity index (χ0n) is 19.6. The van der Waals surface area contributed by atoms with Crippen LogP contribution < -0.4 is 10.2 Å². The van der Waals surface area contributed by atoms with Crippen LogP contribution in [-0.2, 0) is 9.59 Å². The number of carbonyl (C=O) groups is 2. The summed E-state index contributed by atoms with van der Waals surface area (Å²) >= 11 is 17.7. The van der Waals surface area contributed by atoms with Crippen LogP contribution in [-0.4, -0.2) is 84.0 Å². The molecular formula is C25H29Cl2N5O2S. The molecule has 35 heavy (non-hydrogen) atoms. The second-order valence-electron chi connectivity index (χ2n) is 8.90. The van der Waals surface area contributed by atoms with E-state index in [1.165, 1.54) is 4.90 Å². The number of likely N-dealkylation sites (N-methyl/N-ethyl adjacent to an activating group) is 1. The van der Waals surface area contributed by atoms with E-state index in [0.717, 1.165) is 39.1 Å². The van der Waals surface area contributed by atoms with Gasteiger partial charge in [-0.1, -0.05) is 23.2 Å². The molecule has 7 nitrogen and oxygen atoms in total. The van der Waals surface area contributed by atoms with E-state index >= 15 is 0 Å². The lowest BCUT2D eigenvalue weighted by atomic mass is 10.1. The average Bonchev–Trinajstić information content (AvgIpc) is 3.06. The molecule has 0 aromatic heterocycles. The van der Waals surface area contributed by atoms with Gasteiger partial charge in [0.05, 0.1) is 12.1 Å². The van der Waals surface area contributed by atoms with Crippen LogP contribution in [0.2, 0.25) is 10.0 Å². The van der Waals surface area contributed by atoms with Gasteiger partial charge in [-0.3, -0.25) is 14.5 Å². The average molecular weight is 535 g/mol. The Morgan fingerprint density at radius 3 is 2.20 bits per heavy atom. The quantitative estimate of drug-likeness (QED) is 0.518. The molecule has 0 aliphatic carbocycles. The summed E-state index contributed by atoms with van der Waals surface area (Å²) in [4.78, 5) is 34.5. The SMILES string of the molecule is CN1CCN(CCCN2C(=S)N(c3ccc(Cl)cc3)C(=O)[C@@H]2CC(=O)Nc2ccc(Cl)cc2)CC1. The molecule has 0 unspecified atom stereocenters. The maximum Gasteiger partial charge on any atom is 0.256 e. The summed E-state index contributed by atoms with van der Waals surface area (Å²) in [5.74, 6) is -0.460. The number of amides is 2. The smallest absolute Gasteiger partial charge is 0.256 e. The fourth-order valence-electron chi connectivity index (χ4n) is 4.37. The minimum atomic E-state index is -0.669. The van der Waals surface area contributed by atoms with Crippen molar-refractivity contribution in [2.75, 3.05) is 56.5 Å². The van der Waals surface area contributed by atoms with Gasteiger partial charge < -0.3 is 20.0 Å². The zero-order valence-corrected chi connectivity index (χ0v) is 22.0. The number of piperazine rings is 1. The number of carbonyl (C=O) groups excluding carboxylic acids is 2. The highest BCUT2D eigenvalue weighted by Gasteiger charge is 2.43. The predicted octanol–water partition coefficient (Wildman–Crippen LogP) is 3.96. The van der Waals surface area contributed by atoms with Gasteiger partial charge in [0.25, 0.3) is 5.91 Å². The van der Waals surface area contributed by atoms with Gasteiger partial charge in [-0.15, -0.1) is 0 Å². The molecule has 2 heterocycles. The molecule has 2 aromatic carbocycles. The molecule has 1 atom stereocenters. The third-order valence-corrected chi connectivity index (χ3v) is 7.30. The molecule has 2 aliphatic heterocycles. The van der Waals surface area contributed by atoms with Crippen LogP contribution in [0.15, 0.2) is 48.5 Å². The van der Waals surface area contributed by atoms with Crippen molar-refractivity contribution in [2.45, 2.75) is 18.9 Å². The maximum atomic E-state index is 13.5. The van der Waals surface area contributed by atoms with Crippen LogP contribution >= 0.6 is 35.4 Å². The van der Waals surface area contributed by atoms with Crippen LogP contribution in [0.4, 0.5) is 11.4 Å². The number of hydrogen-bond acceptors (Lipinski definition) is 5. The molecule has 2 aliphatic rings. The number of nitrogens with zero attached hydrogens (tertiary/aromatic N) is 4. The lowest BCUT2D eigenvalue weighted by molar-refractivity contribution is -0.124. The van der Waals surface area contributed by atoms with Crippen LogP contribution in [0.5, 0.6) is 0 Å². The van der Waals surface area contributed by atoms with E-state index in [2.05, 4.69) is 22.2 Å². The van der Waals surface area contributed by atoms with Crippen LogP contribution in [0.3, 0.4) is 0 Å². The summed E-state index contributed by atoms with van der Waals surface area (Å²) in [5.41, 5.74) is 1.28. The summed E-state index contributed by atoms with van der Waals surface area (Å²) in [7, 11) is 2.14. The lowest BCUT2D eigenvalue weighted by Gasteiger charge is -2.33. The molecule has 1 N–H and O–H groups in total. The maximum absolute atomic E-state index is 13.5. The summed E-state index contributed by atoms with van der Waals surface area (Å²) in [6.45, 7) is 5.69. The van der Waals surface area contributed by atoms with Crippen LogP contribution in [0.25, 0.3) is 0 Å². The monoisotopic (exact) mass is 533 g/mol. The first-order valence-electron chi connectivity index (χ1n) is 11.7. The van der Waals surface area contributed by atoms with Crippen LogP contribution in [0, 0.1) is 0 Å². The Kier molecular flexibility index (Phi) is 8.62. The van der Waals surface area contributed by atoms with Crippen molar-refractivity contribution in [3.8, 4) is 0 Å². The summed E-state index contributed by atoms with van der Waals surface area (Å²) in [6, 6.07) is 13.2. The molecule has 2 aromatic rings. The molecule has 10 heteroatoms. The Bertz CT molecular complexity index is 1060. The third-order valence-electron chi connectivity index (χ3n) is 6.38. The molecule has 0 saturated carbocycles. The Morgan fingerprint density at radius 2 is 1.57 bits per heavy atom. The Labute approximate surface area is 221 Å². The van der Waals surface area contributed by atoms with Crippen molar-refractivity contribution in [3.63, 3.8) is 0 Å². The fraction of sp³-hybridized carbons (Fsp3) is 0.400. The minimum Gasteiger partial charge on any atom is -0.336 e. The second-order valence-corrected chi connectivity index (χ2v) is 10.1. The van der Waals surface area contributed by atoms with E-state index in [9.17, 15) is 9.59 Å². The van der Waals surface area contributed by atoms with Gasteiger partial charge in [0, 0.05) is 48.5 Å². The first-order chi connectivity index (χ1) is 16.8. The highest BCUT2D eigenvalue weighted by atomic mass is 35.5. The minimum absolute atomic E-state index is 0.000197. The van der Waals surface area contributed by atoms with Crippen molar-refractivity contribution in [1.29, 1.82) is 0 Å². The molecule has 4 rings (SSSR count). The fourth-order valence-corrected chi connectivity index (χ4v) is 5.04. The van der Waals surface area contributed by atoms with Gasteiger partial charge in [0.2, 0.25) is 5.91 Å². The van der Waals surface area contributed by atoms with E-state index in [1.807, 2.05) is 4.90 Å². The van der Waals surface area contributed by atoms with E-state index in [0.29, 0.717) is 33.1 Å². The van der Waals surface area contributed by atoms with Crippen molar-refractivity contribution in [2.24, 2.45) is 0 Å². The highest BCUT2D eigenvalue weighted by molar-refractivity contribution is 7.80. The Balaban J connectivity index is 1.46. The largest absolute Gasteiger partial charge is 0.336 e. The van der Waals surface area contributed by atoms with Crippen molar-refractivity contribution in [3.05, 3.63) is 58.6 Å². The molecule has 2 fully saturated rings. The number of hydrogen-bond donors (Lipinski definition) is 1. The van der Waals surface area contributed by atoms with Gasteiger partial charge in [0.15, 0.2) is 5.11 Å². The molecule has 0 spiro atoms. The third kappa shape index (κ3) is 6.51. The lowest BCUT2D eigenvalue weighted by Crippen LogP contribution is -2.45. The van der Waals surface area contributed by atoms with Gasteiger partial charge in [-0.2, -0.15) is 0 Å². The number of thiocarbonyl (C=S) groups is 1. The molecule has 186 valence electrons. The van der Waals surface area contributed by atoms with E-state index in [-0.39, 0.29) is 18.2 Å². The second kappa shape index (κ2) is 11.7. The number of benzene rings is 2.